The second kappa shape index (κ2) is 5.15. The van der Waals surface area contributed by atoms with Crippen LogP contribution in [0.15, 0.2) is 0 Å². The quantitative estimate of drug-likeness (QED) is 0.708. The molecule has 1 amide bonds. The SMILES string of the molecule is CSC1CCCC1NC(=O)C(C)S. The number of thioether (sulfide) groups is 1. The molecule has 0 radical (unpaired) electrons. The van der Waals surface area contributed by atoms with E-state index < -0.39 is 0 Å². The monoisotopic (exact) mass is 219 g/mol. The second-order valence-corrected chi connectivity index (χ2v) is 5.35. The van der Waals surface area contributed by atoms with E-state index in [2.05, 4.69) is 24.2 Å². The third-order valence-corrected chi connectivity index (χ3v) is 3.87. The summed E-state index contributed by atoms with van der Waals surface area (Å²) in [6, 6.07) is 0.372. The Labute approximate surface area is 89.6 Å². The van der Waals surface area contributed by atoms with Gasteiger partial charge in [-0.3, -0.25) is 4.79 Å². The van der Waals surface area contributed by atoms with Gasteiger partial charge < -0.3 is 5.32 Å². The third kappa shape index (κ3) is 3.09. The van der Waals surface area contributed by atoms with E-state index in [1.54, 1.807) is 0 Å². The normalized spacial score (nSPS) is 30.1. The second-order valence-electron chi connectivity index (χ2n) is 3.50. The number of thiol groups is 1. The third-order valence-electron chi connectivity index (χ3n) is 2.46. The largest absolute Gasteiger partial charge is 0.351 e. The zero-order valence-corrected chi connectivity index (χ0v) is 9.83. The summed E-state index contributed by atoms with van der Waals surface area (Å²) in [6.07, 6.45) is 5.70. The molecule has 1 aliphatic carbocycles. The fourth-order valence-electron chi connectivity index (χ4n) is 1.68. The molecule has 0 aromatic rings. The fraction of sp³-hybridized carbons (Fsp3) is 0.889. The molecule has 3 unspecified atom stereocenters. The summed E-state index contributed by atoms with van der Waals surface area (Å²) in [5, 5.41) is 3.46. The van der Waals surface area contributed by atoms with Gasteiger partial charge in [0, 0.05) is 11.3 Å². The van der Waals surface area contributed by atoms with Crippen molar-refractivity contribution in [2.45, 2.75) is 42.7 Å². The van der Waals surface area contributed by atoms with Gasteiger partial charge in [-0.15, -0.1) is 0 Å². The van der Waals surface area contributed by atoms with E-state index >= 15 is 0 Å². The standard InChI is InChI=1S/C9H17NOS2/c1-6(12)9(11)10-7-4-3-5-8(7)13-2/h6-8,12H,3-5H2,1-2H3,(H,10,11). The number of carbonyl (C=O) groups is 1. The van der Waals surface area contributed by atoms with Gasteiger partial charge in [0.1, 0.15) is 0 Å². The molecule has 0 spiro atoms. The zero-order chi connectivity index (χ0) is 9.84. The Morgan fingerprint density at radius 3 is 2.85 bits per heavy atom. The van der Waals surface area contributed by atoms with Crippen LogP contribution in [0.1, 0.15) is 26.2 Å². The highest BCUT2D eigenvalue weighted by Gasteiger charge is 2.28. The molecule has 2 nitrogen and oxygen atoms in total. The molecule has 0 aromatic heterocycles. The van der Waals surface area contributed by atoms with Crippen molar-refractivity contribution in [1.29, 1.82) is 0 Å². The van der Waals surface area contributed by atoms with Crippen molar-refractivity contribution in [3.05, 3.63) is 0 Å². The molecule has 0 aromatic carbocycles. The van der Waals surface area contributed by atoms with Crippen LogP contribution in [-0.2, 0) is 4.79 Å². The van der Waals surface area contributed by atoms with Gasteiger partial charge in [0.2, 0.25) is 5.91 Å². The molecule has 13 heavy (non-hydrogen) atoms. The summed E-state index contributed by atoms with van der Waals surface area (Å²) in [4.78, 5) is 11.4. The summed E-state index contributed by atoms with van der Waals surface area (Å²) < 4.78 is 0. The number of amides is 1. The van der Waals surface area contributed by atoms with Gasteiger partial charge in [0.05, 0.1) is 5.25 Å². The molecule has 0 heterocycles. The van der Waals surface area contributed by atoms with Crippen LogP contribution >= 0.6 is 24.4 Å². The first-order valence-electron chi connectivity index (χ1n) is 4.66. The van der Waals surface area contributed by atoms with E-state index in [1.807, 2.05) is 18.7 Å². The maximum absolute atomic E-state index is 11.4. The van der Waals surface area contributed by atoms with Crippen molar-refractivity contribution in [2.75, 3.05) is 6.26 Å². The van der Waals surface area contributed by atoms with Gasteiger partial charge in [0.25, 0.3) is 0 Å². The topological polar surface area (TPSA) is 29.1 Å². The maximum atomic E-state index is 11.4. The lowest BCUT2D eigenvalue weighted by atomic mass is 10.2. The number of nitrogens with one attached hydrogen (secondary N) is 1. The van der Waals surface area contributed by atoms with Crippen molar-refractivity contribution in [1.82, 2.24) is 5.32 Å². The summed E-state index contributed by atoms with van der Waals surface area (Å²) in [7, 11) is 0. The van der Waals surface area contributed by atoms with E-state index in [-0.39, 0.29) is 11.2 Å². The lowest BCUT2D eigenvalue weighted by Gasteiger charge is -2.19. The lowest BCUT2D eigenvalue weighted by molar-refractivity contribution is -0.120. The van der Waals surface area contributed by atoms with E-state index in [1.165, 1.54) is 12.8 Å². The predicted octanol–water partition coefficient (Wildman–Crippen LogP) is 1.70. The zero-order valence-electron chi connectivity index (χ0n) is 8.12. The van der Waals surface area contributed by atoms with E-state index in [0.717, 1.165) is 6.42 Å². The van der Waals surface area contributed by atoms with Crippen LogP contribution < -0.4 is 5.32 Å². The van der Waals surface area contributed by atoms with Crippen molar-refractivity contribution < 1.29 is 4.79 Å². The Bertz CT molecular complexity index is 184. The van der Waals surface area contributed by atoms with Crippen LogP contribution in [0.25, 0.3) is 0 Å². The lowest BCUT2D eigenvalue weighted by Crippen LogP contribution is -2.41. The summed E-state index contributed by atoms with van der Waals surface area (Å²) >= 11 is 5.96. The Balaban J connectivity index is 2.39. The van der Waals surface area contributed by atoms with Crippen molar-refractivity contribution >= 4 is 30.3 Å². The minimum Gasteiger partial charge on any atom is -0.351 e. The average molecular weight is 219 g/mol. The first kappa shape index (κ1) is 11.2. The maximum Gasteiger partial charge on any atom is 0.232 e. The first-order valence-corrected chi connectivity index (χ1v) is 6.47. The van der Waals surface area contributed by atoms with E-state index in [4.69, 9.17) is 0 Å². The Hall–Kier alpha value is 0.170. The molecule has 1 rings (SSSR count). The average Bonchev–Trinajstić information content (AvgIpc) is 2.51. The van der Waals surface area contributed by atoms with Crippen molar-refractivity contribution in [3.8, 4) is 0 Å². The molecule has 1 fully saturated rings. The van der Waals surface area contributed by atoms with Crippen LogP contribution in [0.4, 0.5) is 0 Å². The molecule has 76 valence electrons. The van der Waals surface area contributed by atoms with Gasteiger partial charge in [0.15, 0.2) is 0 Å². The molecule has 0 aliphatic heterocycles. The van der Waals surface area contributed by atoms with Crippen molar-refractivity contribution in [2.24, 2.45) is 0 Å². The number of carbonyl (C=O) groups excluding carboxylic acids is 1. The number of hydrogen-bond acceptors (Lipinski definition) is 3. The van der Waals surface area contributed by atoms with E-state index in [0.29, 0.717) is 11.3 Å². The van der Waals surface area contributed by atoms with Crippen LogP contribution in [0.5, 0.6) is 0 Å². The minimum atomic E-state index is -0.192. The first-order chi connectivity index (χ1) is 6.15. The molecule has 0 bridgehead atoms. The summed E-state index contributed by atoms with van der Waals surface area (Å²) in [6.45, 7) is 1.81. The van der Waals surface area contributed by atoms with E-state index in [9.17, 15) is 4.79 Å². The van der Waals surface area contributed by atoms with Gasteiger partial charge in [-0.2, -0.15) is 24.4 Å². The Morgan fingerprint density at radius 2 is 2.31 bits per heavy atom. The van der Waals surface area contributed by atoms with Crippen LogP contribution in [0.2, 0.25) is 0 Å². The highest BCUT2D eigenvalue weighted by molar-refractivity contribution is 7.99. The molecular formula is C9H17NOS2. The minimum absolute atomic E-state index is 0.0642. The Kier molecular flexibility index (Phi) is 4.46. The highest BCUT2D eigenvalue weighted by atomic mass is 32.2. The molecule has 0 saturated heterocycles. The molecular weight excluding hydrogens is 202 g/mol. The van der Waals surface area contributed by atoms with Gasteiger partial charge in [-0.1, -0.05) is 6.42 Å². The molecule has 4 heteroatoms. The highest BCUT2D eigenvalue weighted by Crippen LogP contribution is 2.28. The van der Waals surface area contributed by atoms with Crippen LogP contribution in [0.3, 0.4) is 0 Å². The van der Waals surface area contributed by atoms with Gasteiger partial charge in [-0.25, -0.2) is 0 Å². The molecule has 3 atom stereocenters. The smallest absolute Gasteiger partial charge is 0.232 e. The summed E-state index contributed by atoms with van der Waals surface area (Å²) in [5.41, 5.74) is 0. The van der Waals surface area contributed by atoms with Crippen LogP contribution in [0, 0.1) is 0 Å². The van der Waals surface area contributed by atoms with Gasteiger partial charge >= 0.3 is 0 Å². The molecule has 1 N–H and O–H groups in total. The molecule has 1 aliphatic rings. The molecule has 1 saturated carbocycles. The predicted molar refractivity (Wildman–Crippen MR) is 61.5 cm³/mol. The number of hydrogen-bond donors (Lipinski definition) is 2. The Morgan fingerprint density at radius 1 is 1.62 bits per heavy atom. The summed E-state index contributed by atoms with van der Waals surface area (Å²) in [5.74, 6) is 0.0642. The fourth-order valence-corrected chi connectivity index (χ4v) is 2.69. The number of rotatable bonds is 3. The van der Waals surface area contributed by atoms with Gasteiger partial charge in [-0.05, 0) is 26.0 Å². The van der Waals surface area contributed by atoms with Crippen molar-refractivity contribution in [3.63, 3.8) is 0 Å². The van der Waals surface area contributed by atoms with Crippen LogP contribution in [-0.4, -0.2) is 28.7 Å².